The van der Waals surface area contributed by atoms with Crippen molar-refractivity contribution in [2.45, 2.75) is 81.1 Å². The maximum absolute atomic E-state index is 12.4. The summed E-state index contributed by atoms with van der Waals surface area (Å²) < 4.78 is 13.3. The maximum atomic E-state index is 12.4. The number of phenolic OH excluding ortho intramolecular Hbond substituents is 1. The van der Waals surface area contributed by atoms with E-state index in [-0.39, 0.29) is 34.5 Å². The molecule has 184 valence electrons. The van der Waals surface area contributed by atoms with Crippen LogP contribution in [0.25, 0.3) is 0 Å². The van der Waals surface area contributed by atoms with Crippen LogP contribution in [0.2, 0.25) is 0 Å². The summed E-state index contributed by atoms with van der Waals surface area (Å²) in [5.74, 6) is 1.83. The Balaban J connectivity index is 1.37. The highest BCUT2D eigenvalue weighted by Gasteiger charge is 2.80. The number of rotatable bonds is 6. The molecule has 7 heteroatoms. The Morgan fingerprint density at radius 2 is 2.18 bits per heavy atom. The molecule has 4 bridgehead atoms. The van der Waals surface area contributed by atoms with Crippen LogP contribution in [0.4, 0.5) is 0 Å². The normalized spacial score (nSPS) is 42.1. The fraction of sp³-hybridized carbons (Fsp3) is 0.741. The van der Waals surface area contributed by atoms with Crippen molar-refractivity contribution in [1.29, 1.82) is 0 Å². The Labute approximate surface area is 201 Å². The third kappa shape index (κ3) is 2.41. The topological polar surface area (TPSA) is 97.0 Å². The van der Waals surface area contributed by atoms with E-state index in [1.54, 1.807) is 6.92 Å². The van der Waals surface area contributed by atoms with Crippen LogP contribution in [0.3, 0.4) is 0 Å². The first-order valence-corrected chi connectivity index (χ1v) is 13.2. The third-order valence-electron chi connectivity index (χ3n) is 10.7. The summed E-state index contributed by atoms with van der Waals surface area (Å²) in [5.41, 5.74) is 7.94. The Morgan fingerprint density at radius 1 is 1.35 bits per heavy atom. The smallest absolute Gasteiger partial charge is 0.236 e. The van der Waals surface area contributed by atoms with Gasteiger partial charge in [0, 0.05) is 48.6 Å². The van der Waals surface area contributed by atoms with Crippen molar-refractivity contribution in [3.05, 3.63) is 23.3 Å². The average Bonchev–Trinajstić information content (AvgIpc) is 3.57. The van der Waals surface area contributed by atoms with E-state index in [2.05, 4.69) is 16.3 Å². The lowest BCUT2D eigenvalue weighted by atomic mass is 9.35. The molecule has 2 spiro atoms. The molecular weight excluding hydrogens is 430 g/mol. The zero-order valence-electron chi connectivity index (χ0n) is 20.3. The van der Waals surface area contributed by atoms with Crippen molar-refractivity contribution < 1.29 is 19.4 Å². The highest BCUT2D eigenvalue weighted by Crippen LogP contribution is 2.76. The van der Waals surface area contributed by atoms with Gasteiger partial charge in [0.2, 0.25) is 5.91 Å². The van der Waals surface area contributed by atoms with Crippen LogP contribution in [-0.2, 0) is 21.4 Å². The monoisotopic (exact) mass is 467 g/mol. The number of phenols is 1. The third-order valence-corrected chi connectivity index (χ3v) is 10.7. The van der Waals surface area contributed by atoms with Crippen LogP contribution in [0.5, 0.6) is 11.5 Å². The van der Waals surface area contributed by atoms with Crippen LogP contribution in [0.1, 0.15) is 56.6 Å². The van der Waals surface area contributed by atoms with Gasteiger partial charge in [0.1, 0.15) is 11.7 Å². The molecule has 34 heavy (non-hydrogen) atoms. The molecule has 7 nitrogen and oxygen atoms in total. The van der Waals surface area contributed by atoms with E-state index in [1.165, 1.54) is 30.5 Å². The molecular formula is C27H37N3O4. The minimum absolute atomic E-state index is 0.0703. The van der Waals surface area contributed by atoms with Gasteiger partial charge in [-0.2, -0.15) is 0 Å². The second kappa shape index (κ2) is 6.89. The molecule has 1 saturated heterocycles. The lowest BCUT2D eigenvalue weighted by Gasteiger charge is -2.74. The summed E-state index contributed by atoms with van der Waals surface area (Å²) in [6.45, 7) is 4.57. The number of benzene rings is 1. The summed E-state index contributed by atoms with van der Waals surface area (Å²) in [7, 11) is 1.81. The molecule has 7 atom stereocenters. The number of amides is 1. The van der Waals surface area contributed by atoms with Gasteiger partial charge in [-0.25, -0.2) is 0 Å². The quantitative estimate of drug-likeness (QED) is 0.593. The number of piperidine rings is 1. The van der Waals surface area contributed by atoms with Gasteiger partial charge in [0.25, 0.3) is 0 Å². The van der Waals surface area contributed by atoms with E-state index >= 15 is 0 Å². The van der Waals surface area contributed by atoms with E-state index in [4.69, 9.17) is 15.2 Å². The summed E-state index contributed by atoms with van der Waals surface area (Å²) in [6, 6.07) is 3.91. The molecule has 1 aromatic carbocycles. The second-order valence-electron chi connectivity index (χ2n) is 12.1. The Kier molecular flexibility index (Phi) is 4.35. The number of aromatic hydroxyl groups is 1. The number of nitrogens with one attached hydrogen (secondary N) is 1. The number of carbonyl (C=O) groups is 1. The average molecular weight is 468 g/mol. The molecule has 0 radical (unpaired) electrons. The molecule has 5 fully saturated rings. The number of ether oxygens (including phenoxy) is 2. The molecule has 4 N–H and O–H groups in total. The molecule has 1 unspecified atom stereocenters. The SMILES string of the molecule is CO[C@]12CC[C@@]3(C[C@@H]1CNC(=O)C(C)N)[C@H]1Cc4ccc(O)c5c4[C@@]3(CCN1CC1CC1)[C@H]2O5. The molecule has 7 aliphatic rings. The number of nitrogens with two attached hydrogens (primary N) is 1. The largest absolute Gasteiger partial charge is 0.504 e. The molecule has 1 amide bonds. The van der Waals surface area contributed by atoms with Gasteiger partial charge in [-0.15, -0.1) is 0 Å². The summed E-state index contributed by atoms with van der Waals surface area (Å²) >= 11 is 0. The molecule has 1 aromatic rings. The molecule has 4 saturated carbocycles. The highest BCUT2D eigenvalue weighted by atomic mass is 16.6. The standard InChI is InChI=1S/C27H37N3O4/c1-15(28)23(32)29-13-18-12-25-7-8-27(18,33-2)24-26(25)9-10-30(14-16-3-4-16)20(25)11-17-5-6-19(31)22(34-24)21(17)26/h5-6,15-16,18,20,24,31H,3-4,7-14,28H2,1-2H3,(H,29,32)/t15?,18-,20-,24-,25-,26+,27-/m1/s1. The minimum atomic E-state index is -0.529. The van der Waals surface area contributed by atoms with Crippen LogP contribution in [0, 0.1) is 17.3 Å². The van der Waals surface area contributed by atoms with Crippen molar-refractivity contribution in [2.24, 2.45) is 23.0 Å². The van der Waals surface area contributed by atoms with E-state index in [1.807, 2.05) is 13.2 Å². The first-order valence-electron chi connectivity index (χ1n) is 13.2. The van der Waals surface area contributed by atoms with Crippen molar-refractivity contribution in [1.82, 2.24) is 10.2 Å². The molecule has 0 aromatic heterocycles. The fourth-order valence-corrected chi connectivity index (χ4v) is 9.17. The molecule has 2 aliphatic heterocycles. The van der Waals surface area contributed by atoms with Gasteiger partial charge in [0.15, 0.2) is 11.5 Å². The Hall–Kier alpha value is -1.83. The highest BCUT2D eigenvalue weighted by molar-refractivity contribution is 5.81. The first kappa shape index (κ1) is 21.5. The van der Waals surface area contributed by atoms with Crippen LogP contribution in [-0.4, -0.2) is 66.4 Å². The van der Waals surface area contributed by atoms with Crippen molar-refractivity contribution in [3.8, 4) is 11.5 Å². The van der Waals surface area contributed by atoms with Crippen molar-refractivity contribution in [2.75, 3.05) is 26.7 Å². The lowest BCUT2D eigenvalue weighted by molar-refractivity contribution is -0.276. The lowest BCUT2D eigenvalue weighted by Crippen LogP contribution is -2.81. The van der Waals surface area contributed by atoms with Gasteiger partial charge in [0.05, 0.1) is 6.04 Å². The van der Waals surface area contributed by atoms with Crippen LogP contribution in [0.15, 0.2) is 12.1 Å². The first-order chi connectivity index (χ1) is 16.4. The molecule has 8 rings (SSSR count). The van der Waals surface area contributed by atoms with Crippen molar-refractivity contribution in [3.63, 3.8) is 0 Å². The number of hydrogen-bond acceptors (Lipinski definition) is 6. The van der Waals surface area contributed by atoms with Gasteiger partial charge < -0.3 is 25.6 Å². The molecule has 5 aliphatic carbocycles. The van der Waals surface area contributed by atoms with Gasteiger partial charge >= 0.3 is 0 Å². The van der Waals surface area contributed by atoms with Gasteiger partial charge in [-0.3, -0.25) is 9.69 Å². The van der Waals surface area contributed by atoms with Crippen LogP contribution < -0.4 is 15.8 Å². The minimum Gasteiger partial charge on any atom is -0.504 e. The number of carbonyl (C=O) groups excluding carboxylic acids is 1. The Morgan fingerprint density at radius 3 is 2.91 bits per heavy atom. The number of fused-ring (bicyclic) bond motifs is 2. The number of likely N-dealkylation sites (tertiary alicyclic amines) is 1. The predicted octanol–water partition coefficient (Wildman–Crippen LogP) is 2.08. The number of hydrogen-bond donors (Lipinski definition) is 3. The van der Waals surface area contributed by atoms with E-state index < -0.39 is 11.6 Å². The zero-order valence-corrected chi connectivity index (χ0v) is 20.3. The van der Waals surface area contributed by atoms with Crippen LogP contribution >= 0.6 is 0 Å². The maximum Gasteiger partial charge on any atom is 0.236 e. The zero-order chi connectivity index (χ0) is 23.5. The van der Waals surface area contributed by atoms with E-state index in [0.717, 1.165) is 44.6 Å². The van der Waals surface area contributed by atoms with E-state index in [9.17, 15) is 9.90 Å². The van der Waals surface area contributed by atoms with Gasteiger partial charge in [-0.05, 0) is 76.0 Å². The summed E-state index contributed by atoms with van der Waals surface area (Å²) in [5, 5.41) is 14.0. The summed E-state index contributed by atoms with van der Waals surface area (Å²) in [4.78, 5) is 15.2. The predicted molar refractivity (Wildman–Crippen MR) is 127 cm³/mol. The van der Waals surface area contributed by atoms with E-state index in [0.29, 0.717) is 18.3 Å². The van der Waals surface area contributed by atoms with Gasteiger partial charge in [-0.1, -0.05) is 6.07 Å². The number of nitrogens with zero attached hydrogens (tertiary/aromatic N) is 1. The second-order valence-corrected chi connectivity index (χ2v) is 12.1. The fourth-order valence-electron chi connectivity index (χ4n) is 9.17. The molecule has 2 heterocycles. The summed E-state index contributed by atoms with van der Waals surface area (Å²) in [6.07, 6.45) is 7.70. The Bertz CT molecular complexity index is 1060. The van der Waals surface area contributed by atoms with Crippen molar-refractivity contribution >= 4 is 5.91 Å². The number of methoxy groups -OCH3 is 1.